The van der Waals surface area contributed by atoms with E-state index in [0.29, 0.717) is 22.6 Å². The Morgan fingerprint density at radius 3 is 2.21 bits per heavy atom. The number of nitrogens with one attached hydrogen (secondary N) is 1. The summed E-state index contributed by atoms with van der Waals surface area (Å²) < 4.78 is 7.13. The Morgan fingerprint density at radius 1 is 0.848 bits per heavy atom. The molecule has 0 bridgehead atoms. The second-order valence-electron chi connectivity index (χ2n) is 7.91. The Labute approximate surface area is 192 Å². The van der Waals surface area contributed by atoms with Gasteiger partial charge in [-0.2, -0.15) is 0 Å². The third-order valence-corrected chi connectivity index (χ3v) is 5.58. The minimum absolute atomic E-state index is 0.193. The molecule has 5 rings (SSSR count). The minimum Gasteiger partial charge on any atom is -0.497 e. The van der Waals surface area contributed by atoms with Crippen molar-refractivity contribution in [3.8, 4) is 28.1 Å². The molecular formula is C28H23N3O2. The number of rotatable bonds is 5. The summed E-state index contributed by atoms with van der Waals surface area (Å²) in [4.78, 5) is 17.7. The molecular weight excluding hydrogens is 410 g/mol. The molecule has 0 unspecified atom stereocenters. The van der Waals surface area contributed by atoms with Gasteiger partial charge in [0, 0.05) is 23.5 Å². The quantitative estimate of drug-likeness (QED) is 0.357. The lowest BCUT2D eigenvalue weighted by atomic mass is 10.0. The first-order valence-electron chi connectivity index (χ1n) is 10.7. The third kappa shape index (κ3) is 4.21. The number of hydrogen-bond donors (Lipinski definition) is 1. The number of methoxy groups -OCH3 is 1. The molecule has 33 heavy (non-hydrogen) atoms. The van der Waals surface area contributed by atoms with Gasteiger partial charge in [-0.3, -0.25) is 4.79 Å². The van der Waals surface area contributed by atoms with Gasteiger partial charge in [-0.1, -0.05) is 54.6 Å². The van der Waals surface area contributed by atoms with Gasteiger partial charge in [0.2, 0.25) is 0 Å². The van der Waals surface area contributed by atoms with Crippen LogP contribution in [0.15, 0.2) is 97.3 Å². The number of pyridine rings is 1. The van der Waals surface area contributed by atoms with E-state index in [9.17, 15) is 4.79 Å². The van der Waals surface area contributed by atoms with Crippen LogP contribution in [0.25, 0.3) is 28.0 Å². The number of amides is 1. The largest absolute Gasteiger partial charge is 0.497 e. The van der Waals surface area contributed by atoms with E-state index in [4.69, 9.17) is 9.72 Å². The highest BCUT2D eigenvalue weighted by molar-refractivity contribution is 6.06. The number of nitrogens with zero attached hydrogens (tertiary/aromatic N) is 2. The molecule has 2 heterocycles. The summed E-state index contributed by atoms with van der Waals surface area (Å²) in [5.74, 6) is 0.516. The molecule has 0 radical (unpaired) electrons. The Kier molecular flexibility index (Phi) is 5.37. The molecule has 0 fully saturated rings. The number of fused-ring (bicyclic) bond motifs is 1. The van der Waals surface area contributed by atoms with Crippen LogP contribution in [0.1, 0.15) is 15.9 Å². The standard InChI is InChI=1S/C28H23N3O2/c1-19-16-25(30-28(32)23-12-14-24(33-2)15-13-23)27-29-26(18-31(27)17-19)22-10-8-21(9-11-22)20-6-4-3-5-7-20/h3-18H,1-2H3,(H,30,32). The first-order valence-corrected chi connectivity index (χ1v) is 10.7. The average Bonchev–Trinajstić information content (AvgIpc) is 3.29. The first kappa shape index (κ1) is 20.5. The van der Waals surface area contributed by atoms with Gasteiger partial charge in [-0.15, -0.1) is 0 Å². The lowest BCUT2D eigenvalue weighted by molar-refractivity contribution is 0.102. The molecule has 0 aliphatic rings. The second kappa shape index (κ2) is 8.63. The normalized spacial score (nSPS) is 10.8. The predicted molar refractivity (Wildman–Crippen MR) is 132 cm³/mol. The van der Waals surface area contributed by atoms with Gasteiger partial charge in [0.15, 0.2) is 5.65 Å². The van der Waals surface area contributed by atoms with Crippen molar-refractivity contribution in [2.75, 3.05) is 12.4 Å². The molecule has 0 atom stereocenters. The summed E-state index contributed by atoms with van der Waals surface area (Å²) in [6.07, 6.45) is 4.00. The van der Waals surface area contributed by atoms with E-state index in [1.807, 2.05) is 48.0 Å². The molecule has 2 aromatic heterocycles. The number of aryl methyl sites for hydroxylation is 1. The van der Waals surface area contributed by atoms with E-state index in [1.54, 1.807) is 31.4 Å². The number of ether oxygens (including phenoxy) is 1. The molecule has 1 N–H and O–H groups in total. The summed E-state index contributed by atoms with van der Waals surface area (Å²) in [5, 5.41) is 3.01. The lowest BCUT2D eigenvalue weighted by Gasteiger charge is -2.08. The van der Waals surface area contributed by atoms with Crippen molar-refractivity contribution >= 4 is 17.2 Å². The first-order chi connectivity index (χ1) is 16.1. The molecule has 1 amide bonds. The fourth-order valence-electron chi connectivity index (χ4n) is 3.87. The summed E-state index contributed by atoms with van der Waals surface area (Å²) in [7, 11) is 1.60. The van der Waals surface area contributed by atoms with Crippen molar-refractivity contribution < 1.29 is 9.53 Å². The molecule has 0 spiro atoms. The molecule has 0 saturated heterocycles. The maximum absolute atomic E-state index is 12.8. The van der Waals surface area contributed by atoms with Crippen molar-refractivity contribution in [2.45, 2.75) is 6.92 Å². The predicted octanol–water partition coefficient (Wildman–Crippen LogP) is 6.24. The lowest BCUT2D eigenvalue weighted by Crippen LogP contribution is -2.13. The summed E-state index contributed by atoms with van der Waals surface area (Å²) >= 11 is 0. The van der Waals surface area contributed by atoms with Gasteiger partial charge in [0.05, 0.1) is 18.5 Å². The van der Waals surface area contributed by atoms with Gasteiger partial charge in [-0.05, 0) is 53.9 Å². The monoisotopic (exact) mass is 433 g/mol. The van der Waals surface area contributed by atoms with Crippen LogP contribution in [-0.2, 0) is 0 Å². The minimum atomic E-state index is -0.193. The molecule has 0 saturated carbocycles. The Morgan fingerprint density at radius 2 is 1.52 bits per heavy atom. The smallest absolute Gasteiger partial charge is 0.255 e. The molecule has 0 aliphatic heterocycles. The van der Waals surface area contributed by atoms with Crippen LogP contribution in [0, 0.1) is 6.92 Å². The van der Waals surface area contributed by atoms with Crippen LogP contribution >= 0.6 is 0 Å². The Bertz CT molecular complexity index is 1420. The van der Waals surface area contributed by atoms with E-state index in [1.165, 1.54) is 5.56 Å². The Hall–Kier alpha value is -4.38. The van der Waals surface area contributed by atoms with Gasteiger partial charge >= 0.3 is 0 Å². The molecule has 162 valence electrons. The summed E-state index contributed by atoms with van der Waals surface area (Å²) in [5.41, 5.74) is 7.15. The maximum Gasteiger partial charge on any atom is 0.255 e. The van der Waals surface area contributed by atoms with Crippen LogP contribution < -0.4 is 10.1 Å². The van der Waals surface area contributed by atoms with E-state index in [2.05, 4.69) is 41.7 Å². The summed E-state index contributed by atoms with van der Waals surface area (Å²) in [6.45, 7) is 2.00. The topological polar surface area (TPSA) is 55.6 Å². The SMILES string of the molecule is COc1ccc(C(=O)Nc2cc(C)cn3cc(-c4ccc(-c5ccccc5)cc4)nc23)cc1. The number of carbonyl (C=O) groups is 1. The number of hydrogen-bond acceptors (Lipinski definition) is 3. The number of anilines is 1. The zero-order chi connectivity index (χ0) is 22.8. The van der Waals surface area contributed by atoms with Crippen LogP contribution in [0.4, 0.5) is 5.69 Å². The maximum atomic E-state index is 12.8. The molecule has 5 nitrogen and oxygen atoms in total. The van der Waals surface area contributed by atoms with Crippen molar-refractivity contribution in [1.29, 1.82) is 0 Å². The molecule has 5 aromatic rings. The van der Waals surface area contributed by atoms with E-state index in [0.717, 1.165) is 22.4 Å². The summed E-state index contributed by atoms with van der Waals surface area (Å²) in [6, 6.07) is 27.6. The van der Waals surface area contributed by atoms with Gasteiger partial charge in [0.25, 0.3) is 5.91 Å². The van der Waals surface area contributed by atoms with E-state index >= 15 is 0 Å². The fourth-order valence-corrected chi connectivity index (χ4v) is 3.87. The number of imidazole rings is 1. The zero-order valence-electron chi connectivity index (χ0n) is 18.4. The van der Waals surface area contributed by atoms with Crippen molar-refractivity contribution in [3.05, 3.63) is 108 Å². The van der Waals surface area contributed by atoms with Crippen LogP contribution in [0.5, 0.6) is 5.75 Å². The fraction of sp³-hybridized carbons (Fsp3) is 0.0714. The second-order valence-corrected chi connectivity index (χ2v) is 7.91. The highest BCUT2D eigenvalue weighted by Gasteiger charge is 2.13. The van der Waals surface area contributed by atoms with E-state index < -0.39 is 0 Å². The van der Waals surface area contributed by atoms with Crippen LogP contribution in [-0.4, -0.2) is 22.4 Å². The van der Waals surface area contributed by atoms with Gasteiger partial charge in [-0.25, -0.2) is 4.98 Å². The van der Waals surface area contributed by atoms with Crippen LogP contribution in [0.2, 0.25) is 0 Å². The van der Waals surface area contributed by atoms with E-state index in [-0.39, 0.29) is 5.91 Å². The molecule has 0 aliphatic carbocycles. The molecule has 5 heteroatoms. The number of aromatic nitrogens is 2. The van der Waals surface area contributed by atoms with Gasteiger partial charge < -0.3 is 14.5 Å². The van der Waals surface area contributed by atoms with Crippen molar-refractivity contribution in [3.63, 3.8) is 0 Å². The van der Waals surface area contributed by atoms with Gasteiger partial charge in [0.1, 0.15) is 5.75 Å². The highest BCUT2D eigenvalue weighted by atomic mass is 16.5. The highest BCUT2D eigenvalue weighted by Crippen LogP contribution is 2.27. The third-order valence-electron chi connectivity index (χ3n) is 5.58. The Balaban J connectivity index is 1.45. The zero-order valence-corrected chi connectivity index (χ0v) is 18.4. The van der Waals surface area contributed by atoms with Crippen LogP contribution in [0.3, 0.4) is 0 Å². The average molecular weight is 434 g/mol. The van der Waals surface area contributed by atoms with Crippen molar-refractivity contribution in [1.82, 2.24) is 9.38 Å². The number of carbonyl (C=O) groups excluding carboxylic acids is 1. The molecule has 3 aromatic carbocycles. The van der Waals surface area contributed by atoms with Crippen molar-refractivity contribution in [2.24, 2.45) is 0 Å². The number of benzene rings is 3.